The Labute approximate surface area is 89.9 Å². The minimum absolute atomic E-state index is 0.105. The summed E-state index contributed by atoms with van der Waals surface area (Å²) in [5.41, 5.74) is 0.493. The first kappa shape index (κ1) is 10.1. The Morgan fingerprint density at radius 1 is 1.62 bits per heavy atom. The average Bonchev–Trinajstić information content (AvgIpc) is 2.63. The quantitative estimate of drug-likeness (QED) is 0.802. The number of H-pyrrole nitrogens is 1. The summed E-state index contributed by atoms with van der Waals surface area (Å²) in [5, 5.41) is 17.3. The molecule has 80 valence electrons. The molecule has 0 fully saturated rings. The van der Waals surface area contributed by atoms with Gasteiger partial charge < -0.3 is 5.32 Å². The molecule has 16 heavy (non-hydrogen) atoms. The summed E-state index contributed by atoms with van der Waals surface area (Å²) in [6.07, 6.45) is -0.289. The Kier molecular flexibility index (Phi) is 2.52. The molecule has 0 bridgehead atoms. The maximum absolute atomic E-state index is 13.4. The molecule has 1 heterocycles. The number of nitrogens with zero attached hydrogens (tertiary/aromatic N) is 2. The molecule has 0 saturated carbocycles. The van der Waals surface area contributed by atoms with Crippen molar-refractivity contribution in [2.24, 2.45) is 0 Å². The van der Waals surface area contributed by atoms with Crippen molar-refractivity contribution in [1.29, 1.82) is 5.26 Å². The second-order valence-corrected chi connectivity index (χ2v) is 3.12. The molecule has 1 amide bonds. The lowest BCUT2D eigenvalue weighted by molar-refractivity contribution is -0.115. The fraction of sp³-hybridized carbons (Fsp3) is 0.100. The Bertz CT molecular complexity index is 584. The topological polar surface area (TPSA) is 81.6 Å². The number of halogens is 1. The molecule has 0 spiro atoms. The fourth-order valence-corrected chi connectivity index (χ4v) is 1.37. The molecule has 2 rings (SSSR count). The average molecular weight is 218 g/mol. The van der Waals surface area contributed by atoms with Crippen LogP contribution in [0.15, 0.2) is 18.2 Å². The standard InChI is InChI=1S/C10H7FN4O/c11-6-2-1-3-7-9(6)10(15-14-7)13-8(16)4-5-12/h1-3H,4H2,(H2,13,14,15,16). The van der Waals surface area contributed by atoms with Gasteiger partial charge in [0.1, 0.15) is 12.2 Å². The maximum Gasteiger partial charge on any atom is 0.239 e. The third kappa shape index (κ3) is 1.70. The van der Waals surface area contributed by atoms with Gasteiger partial charge in [0.25, 0.3) is 0 Å². The second kappa shape index (κ2) is 3.98. The number of carbonyl (C=O) groups is 1. The van der Waals surface area contributed by atoms with Gasteiger partial charge in [-0.15, -0.1) is 0 Å². The van der Waals surface area contributed by atoms with Crippen molar-refractivity contribution >= 4 is 22.6 Å². The molecule has 2 aromatic rings. The van der Waals surface area contributed by atoms with Gasteiger partial charge in [0, 0.05) is 0 Å². The van der Waals surface area contributed by atoms with Crippen LogP contribution in [0.3, 0.4) is 0 Å². The van der Waals surface area contributed by atoms with Crippen molar-refractivity contribution in [3.05, 3.63) is 24.0 Å². The van der Waals surface area contributed by atoms with Crippen LogP contribution in [-0.2, 0) is 4.79 Å². The van der Waals surface area contributed by atoms with Crippen LogP contribution in [0.5, 0.6) is 0 Å². The van der Waals surface area contributed by atoms with E-state index in [0.717, 1.165) is 0 Å². The van der Waals surface area contributed by atoms with E-state index < -0.39 is 11.7 Å². The van der Waals surface area contributed by atoms with E-state index in [4.69, 9.17) is 5.26 Å². The molecule has 0 radical (unpaired) electrons. The summed E-state index contributed by atoms with van der Waals surface area (Å²) in [4.78, 5) is 11.2. The summed E-state index contributed by atoms with van der Waals surface area (Å²) < 4.78 is 13.4. The molecule has 1 aromatic carbocycles. The van der Waals surface area contributed by atoms with Gasteiger partial charge in [0.15, 0.2) is 5.82 Å². The number of aromatic nitrogens is 2. The SMILES string of the molecule is N#CCC(=O)Nc1n[nH]c2cccc(F)c12. The molecular formula is C10H7FN4O. The molecule has 0 unspecified atom stereocenters. The third-order valence-corrected chi connectivity index (χ3v) is 2.04. The monoisotopic (exact) mass is 218 g/mol. The van der Waals surface area contributed by atoms with Crippen molar-refractivity contribution in [3.8, 4) is 6.07 Å². The van der Waals surface area contributed by atoms with E-state index in [1.54, 1.807) is 12.1 Å². The summed E-state index contributed by atoms with van der Waals surface area (Å²) >= 11 is 0. The third-order valence-electron chi connectivity index (χ3n) is 2.04. The Morgan fingerprint density at radius 2 is 2.44 bits per heavy atom. The van der Waals surface area contributed by atoms with Gasteiger partial charge >= 0.3 is 0 Å². The summed E-state index contributed by atoms with van der Waals surface area (Å²) in [7, 11) is 0. The van der Waals surface area contributed by atoms with E-state index in [0.29, 0.717) is 5.52 Å². The first-order valence-electron chi connectivity index (χ1n) is 4.52. The van der Waals surface area contributed by atoms with Crippen LogP contribution in [0.4, 0.5) is 10.2 Å². The number of hydrogen-bond donors (Lipinski definition) is 2. The maximum atomic E-state index is 13.4. The van der Waals surface area contributed by atoms with E-state index in [9.17, 15) is 9.18 Å². The lowest BCUT2D eigenvalue weighted by atomic mass is 10.2. The molecular weight excluding hydrogens is 211 g/mol. The summed E-state index contributed by atoms with van der Waals surface area (Å²) in [6.45, 7) is 0. The predicted molar refractivity (Wildman–Crippen MR) is 54.9 cm³/mol. The van der Waals surface area contributed by atoms with Gasteiger partial charge in [-0.25, -0.2) is 4.39 Å². The van der Waals surface area contributed by atoms with Crippen LogP contribution >= 0.6 is 0 Å². The highest BCUT2D eigenvalue weighted by Crippen LogP contribution is 2.23. The summed E-state index contributed by atoms with van der Waals surface area (Å²) in [5.74, 6) is -0.883. The number of amides is 1. The lowest BCUT2D eigenvalue weighted by Crippen LogP contribution is -2.10. The molecule has 1 aromatic heterocycles. The van der Waals surface area contributed by atoms with Crippen molar-refractivity contribution in [2.75, 3.05) is 5.32 Å². The molecule has 0 aliphatic heterocycles. The normalized spacial score (nSPS) is 10.0. The Hall–Kier alpha value is -2.42. The van der Waals surface area contributed by atoms with Gasteiger partial charge in [-0.2, -0.15) is 10.4 Å². The number of fused-ring (bicyclic) bond motifs is 1. The molecule has 0 saturated heterocycles. The van der Waals surface area contributed by atoms with Crippen LogP contribution in [0.2, 0.25) is 0 Å². The fourth-order valence-electron chi connectivity index (χ4n) is 1.37. The molecule has 0 aliphatic carbocycles. The van der Waals surface area contributed by atoms with E-state index in [1.165, 1.54) is 12.1 Å². The van der Waals surface area contributed by atoms with Crippen LogP contribution in [0, 0.1) is 17.1 Å². The van der Waals surface area contributed by atoms with E-state index >= 15 is 0 Å². The van der Waals surface area contributed by atoms with Crippen LogP contribution in [-0.4, -0.2) is 16.1 Å². The lowest BCUT2D eigenvalue weighted by Gasteiger charge is -1.98. The van der Waals surface area contributed by atoms with Crippen LogP contribution in [0.25, 0.3) is 10.9 Å². The number of carbonyl (C=O) groups excluding carboxylic acids is 1. The molecule has 0 atom stereocenters. The smallest absolute Gasteiger partial charge is 0.239 e. The van der Waals surface area contributed by atoms with E-state index in [1.807, 2.05) is 0 Å². The number of rotatable bonds is 2. The predicted octanol–water partition coefficient (Wildman–Crippen LogP) is 1.55. The van der Waals surface area contributed by atoms with Gasteiger partial charge in [0.2, 0.25) is 5.91 Å². The highest BCUT2D eigenvalue weighted by molar-refractivity contribution is 6.00. The molecule has 2 N–H and O–H groups in total. The Morgan fingerprint density at radius 3 is 3.19 bits per heavy atom. The number of benzene rings is 1. The van der Waals surface area contributed by atoms with Crippen molar-refractivity contribution in [3.63, 3.8) is 0 Å². The first-order chi connectivity index (χ1) is 7.72. The minimum atomic E-state index is -0.515. The molecule has 6 heteroatoms. The number of anilines is 1. The van der Waals surface area contributed by atoms with Gasteiger partial charge in [-0.05, 0) is 12.1 Å². The van der Waals surface area contributed by atoms with Crippen molar-refractivity contribution in [1.82, 2.24) is 10.2 Å². The highest BCUT2D eigenvalue weighted by atomic mass is 19.1. The number of aromatic amines is 1. The number of nitriles is 1. The summed E-state index contributed by atoms with van der Waals surface area (Å²) in [6, 6.07) is 6.16. The van der Waals surface area contributed by atoms with Crippen LogP contribution in [0.1, 0.15) is 6.42 Å². The number of hydrogen-bond acceptors (Lipinski definition) is 3. The van der Waals surface area contributed by atoms with Gasteiger partial charge in [0.05, 0.1) is 17.0 Å². The molecule has 5 nitrogen and oxygen atoms in total. The van der Waals surface area contributed by atoms with E-state index in [-0.39, 0.29) is 17.6 Å². The zero-order valence-electron chi connectivity index (χ0n) is 8.12. The van der Waals surface area contributed by atoms with Crippen molar-refractivity contribution < 1.29 is 9.18 Å². The second-order valence-electron chi connectivity index (χ2n) is 3.12. The molecule has 0 aliphatic rings. The zero-order valence-corrected chi connectivity index (χ0v) is 8.12. The van der Waals surface area contributed by atoms with Crippen LogP contribution < -0.4 is 5.32 Å². The highest BCUT2D eigenvalue weighted by Gasteiger charge is 2.12. The largest absolute Gasteiger partial charge is 0.308 e. The zero-order chi connectivity index (χ0) is 11.5. The number of nitrogens with one attached hydrogen (secondary N) is 2. The van der Waals surface area contributed by atoms with Gasteiger partial charge in [-0.3, -0.25) is 9.89 Å². The van der Waals surface area contributed by atoms with Crippen molar-refractivity contribution in [2.45, 2.75) is 6.42 Å². The minimum Gasteiger partial charge on any atom is -0.308 e. The first-order valence-corrected chi connectivity index (χ1v) is 4.52. The Balaban J connectivity index is 2.39. The van der Waals surface area contributed by atoms with E-state index in [2.05, 4.69) is 15.5 Å². The van der Waals surface area contributed by atoms with Gasteiger partial charge in [-0.1, -0.05) is 6.07 Å².